The molecule has 0 fully saturated rings. The van der Waals surface area contributed by atoms with Crippen molar-refractivity contribution in [3.8, 4) is 0 Å². The van der Waals surface area contributed by atoms with E-state index in [2.05, 4.69) is 18.8 Å². The van der Waals surface area contributed by atoms with Gasteiger partial charge in [0.2, 0.25) is 0 Å². The Labute approximate surface area is 166 Å². The van der Waals surface area contributed by atoms with E-state index in [-0.39, 0.29) is 12.1 Å². The Morgan fingerprint density at radius 1 is 1.00 bits per heavy atom. The van der Waals surface area contributed by atoms with Crippen LogP contribution in [-0.4, -0.2) is 12.1 Å². The lowest BCUT2D eigenvalue weighted by Gasteiger charge is -2.17. The van der Waals surface area contributed by atoms with Gasteiger partial charge in [0.1, 0.15) is 6.61 Å². The molecule has 0 heterocycles. The van der Waals surface area contributed by atoms with E-state index in [1.165, 1.54) is 57.8 Å². The second kappa shape index (κ2) is 16.4. The highest BCUT2D eigenvalue weighted by molar-refractivity contribution is 5.67. The minimum atomic E-state index is -0.335. The second-order valence-corrected chi connectivity index (χ2v) is 7.40. The monoisotopic (exact) mass is 373 g/mol. The molecule has 0 saturated carbocycles. The lowest BCUT2D eigenvalue weighted by Crippen LogP contribution is -2.34. The van der Waals surface area contributed by atoms with E-state index in [0.717, 1.165) is 24.8 Å². The van der Waals surface area contributed by atoms with Gasteiger partial charge < -0.3 is 10.1 Å². The van der Waals surface area contributed by atoms with E-state index in [1.807, 2.05) is 36.4 Å². The molecule has 3 heteroatoms. The van der Waals surface area contributed by atoms with E-state index in [1.54, 1.807) is 0 Å². The number of ether oxygens (including phenoxy) is 1. The van der Waals surface area contributed by atoms with Crippen LogP contribution in [0.4, 0.5) is 4.79 Å². The van der Waals surface area contributed by atoms with Crippen LogP contribution < -0.4 is 5.32 Å². The van der Waals surface area contributed by atoms with Crippen LogP contribution in [0.15, 0.2) is 43.0 Å². The van der Waals surface area contributed by atoms with Gasteiger partial charge in [-0.15, -0.1) is 6.58 Å². The first-order chi connectivity index (χ1) is 13.3. The maximum Gasteiger partial charge on any atom is 0.407 e. The number of hydrogen-bond donors (Lipinski definition) is 1. The van der Waals surface area contributed by atoms with Gasteiger partial charge in [0.25, 0.3) is 0 Å². The zero-order chi connectivity index (χ0) is 19.6. The Morgan fingerprint density at radius 3 is 2.19 bits per heavy atom. The third-order valence-corrected chi connectivity index (χ3v) is 4.89. The molecule has 1 N–H and O–H groups in total. The van der Waals surface area contributed by atoms with Crippen LogP contribution >= 0.6 is 0 Å². The Hall–Kier alpha value is -1.77. The van der Waals surface area contributed by atoms with Gasteiger partial charge in [0, 0.05) is 6.04 Å². The van der Waals surface area contributed by atoms with Crippen molar-refractivity contribution < 1.29 is 9.53 Å². The molecule has 27 heavy (non-hydrogen) atoms. The van der Waals surface area contributed by atoms with Crippen LogP contribution in [0.2, 0.25) is 0 Å². The SMILES string of the molecule is C=CC[C@H](CCCCCCCCCCCC)NC(=O)OCc1ccccc1. The van der Waals surface area contributed by atoms with Crippen molar-refractivity contribution in [1.29, 1.82) is 0 Å². The fraction of sp³-hybridized carbons (Fsp3) is 0.625. The molecule has 1 amide bonds. The first-order valence-electron chi connectivity index (χ1n) is 10.8. The number of hydrogen-bond acceptors (Lipinski definition) is 2. The molecule has 1 atom stereocenters. The number of nitrogens with one attached hydrogen (secondary N) is 1. The predicted octanol–water partition coefficient (Wildman–Crippen LogP) is 7.17. The molecule has 1 aromatic rings. The minimum absolute atomic E-state index is 0.125. The van der Waals surface area contributed by atoms with E-state index in [0.29, 0.717) is 6.61 Å². The van der Waals surface area contributed by atoms with E-state index in [4.69, 9.17) is 4.74 Å². The quantitative estimate of drug-likeness (QED) is 0.246. The minimum Gasteiger partial charge on any atom is -0.445 e. The highest BCUT2D eigenvalue weighted by atomic mass is 16.5. The molecule has 0 bridgehead atoms. The normalized spacial score (nSPS) is 11.7. The van der Waals surface area contributed by atoms with Gasteiger partial charge in [-0.2, -0.15) is 0 Å². The third-order valence-electron chi connectivity index (χ3n) is 4.89. The molecular weight excluding hydrogens is 334 g/mol. The number of benzene rings is 1. The van der Waals surface area contributed by atoms with Crippen molar-refractivity contribution in [2.24, 2.45) is 0 Å². The largest absolute Gasteiger partial charge is 0.445 e. The summed E-state index contributed by atoms with van der Waals surface area (Å²) < 4.78 is 5.32. The number of alkyl carbamates (subject to hydrolysis) is 1. The highest BCUT2D eigenvalue weighted by Crippen LogP contribution is 2.13. The number of carbonyl (C=O) groups excluding carboxylic acids is 1. The molecule has 3 nitrogen and oxygen atoms in total. The Bertz CT molecular complexity index is 486. The summed E-state index contributed by atoms with van der Waals surface area (Å²) in [5.41, 5.74) is 1.00. The lowest BCUT2D eigenvalue weighted by atomic mass is 10.0. The zero-order valence-electron chi connectivity index (χ0n) is 17.3. The molecule has 0 spiro atoms. The van der Waals surface area contributed by atoms with Gasteiger partial charge in [-0.05, 0) is 18.4 Å². The topological polar surface area (TPSA) is 38.3 Å². The van der Waals surface area contributed by atoms with Crippen LogP contribution in [0.25, 0.3) is 0 Å². The Morgan fingerprint density at radius 2 is 1.59 bits per heavy atom. The third kappa shape index (κ3) is 13.1. The first-order valence-corrected chi connectivity index (χ1v) is 10.8. The number of carbonyl (C=O) groups is 1. The number of rotatable bonds is 16. The zero-order valence-corrected chi connectivity index (χ0v) is 17.3. The number of amides is 1. The van der Waals surface area contributed by atoms with Crippen LogP contribution in [0, 0.1) is 0 Å². The second-order valence-electron chi connectivity index (χ2n) is 7.40. The van der Waals surface area contributed by atoms with Crippen LogP contribution in [0.5, 0.6) is 0 Å². The van der Waals surface area contributed by atoms with Gasteiger partial charge in [0.05, 0.1) is 0 Å². The summed E-state index contributed by atoms with van der Waals surface area (Å²) in [6.07, 6.45) is 16.6. The Balaban J connectivity index is 2.09. The van der Waals surface area contributed by atoms with Gasteiger partial charge in [-0.3, -0.25) is 0 Å². The average molecular weight is 374 g/mol. The molecule has 0 aliphatic heterocycles. The van der Waals surface area contributed by atoms with Crippen molar-refractivity contribution >= 4 is 6.09 Å². The van der Waals surface area contributed by atoms with E-state index >= 15 is 0 Å². The van der Waals surface area contributed by atoms with Crippen molar-refractivity contribution in [3.63, 3.8) is 0 Å². The van der Waals surface area contributed by atoms with Crippen molar-refractivity contribution in [3.05, 3.63) is 48.6 Å². The maximum atomic E-state index is 12.0. The van der Waals surface area contributed by atoms with Gasteiger partial charge >= 0.3 is 6.09 Å². The predicted molar refractivity (Wildman–Crippen MR) is 115 cm³/mol. The van der Waals surface area contributed by atoms with Crippen molar-refractivity contribution in [2.75, 3.05) is 0 Å². The van der Waals surface area contributed by atoms with Crippen molar-refractivity contribution in [2.45, 2.75) is 96.6 Å². The summed E-state index contributed by atoms with van der Waals surface area (Å²) in [6, 6.07) is 9.89. The van der Waals surface area contributed by atoms with Gasteiger partial charge in [0.15, 0.2) is 0 Å². The van der Waals surface area contributed by atoms with Crippen LogP contribution in [0.3, 0.4) is 0 Å². The van der Waals surface area contributed by atoms with E-state index < -0.39 is 0 Å². The standard InChI is InChI=1S/C24H39NO2/c1-3-5-6-7-8-9-10-11-12-16-20-23(17-4-2)25-24(26)27-21-22-18-14-13-15-19-22/h4,13-15,18-19,23H,2-3,5-12,16-17,20-21H2,1H3,(H,25,26)/t23-/m1/s1. The average Bonchev–Trinajstić information content (AvgIpc) is 2.68. The summed E-state index contributed by atoms with van der Waals surface area (Å²) in [7, 11) is 0. The first kappa shape index (κ1) is 23.3. The van der Waals surface area contributed by atoms with E-state index in [9.17, 15) is 4.79 Å². The highest BCUT2D eigenvalue weighted by Gasteiger charge is 2.11. The molecule has 1 rings (SSSR count). The smallest absolute Gasteiger partial charge is 0.407 e. The Kier molecular flexibility index (Phi) is 14.1. The molecule has 0 unspecified atom stereocenters. The van der Waals surface area contributed by atoms with Crippen LogP contribution in [-0.2, 0) is 11.3 Å². The van der Waals surface area contributed by atoms with Gasteiger partial charge in [-0.1, -0.05) is 108 Å². The van der Waals surface area contributed by atoms with Gasteiger partial charge in [-0.25, -0.2) is 4.79 Å². The number of unbranched alkanes of at least 4 members (excludes halogenated alkanes) is 9. The molecule has 0 radical (unpaired) electrons. The summed E-state index contributed by atoms with van der Waals surface area (Å²) in [4.78, 5) is 12.0. The summed E-state index contributed by atoms with van der Waals surface area (Å²) in [5, 5.41) is 2.99. The van der Waals surface area contributed by atoms with Crippen LogP contribution in [0.1, 0.15) is 89.5 Å². The summed E-state index contributed by atoms with van der Waals surface area (Å²) in [6.45, 7) is 6.38. The molecule has 0 aromatic heterocycles. The fourth-order valence-electron chi connectivity index (χ4n) is 3.26. The summed E-state index contributed by atoms with van der Waals surface area (Å²) in [5.74, 6) is 0. The molecule has 1 aromatic carbocycles. The van der Waals surface area contributed by atoms with Crippen molar-refractivity contribution in [1.82, 2.24) is 5.32 Å². The summed E-state index contributed by atoms with van der Waals surface area (Å²) >= 11 is 0. The maximum absolute atomic E-state index is 12.0. The molecule has 0 aliphatic carbocycles. The molecular formula is C24H39NO2. The molecule has 0 saturated heterocycles. The molecule has 0 aliphatic rings. The fourth-order valence-corrected chi connectivity index (χ4v) is 3.26. The lowest BCUT2D eigenvalue weighted by molar-refractivity contribution is 0.135. The molecule has 152 valence electrons.